The number of carboxylic acids is 1. The lowest BCUT2D eigenvalue weighted by atomic mass is 10.0. The van der Waals surface area contributed by atoms with E-state index >= 15 is 0 Å². The molecule has 0 aliphatic heterocycles. The van der Waals surface area contributed by atoms with Crippen molar-refractivity contribution in [1.29, 1.82) is 0 Å². The third-order valence-electron chi connectivity index (χ3n) is 3.42. The molecule has 0 bridgehead atoms. The van der Waals surface area contributed by atoms with Gasteiger partial charge in [-0.3, -0.25) is 9.59 Å². The highest BCUT2D eigenvalue weighted by Gasteiger charge is 2.20. The van der Waals surface area contributed by atoms with Crippen LogP contribution in [0.1, 0.15) is 40.0 Å². The van der Waals surface area contributed by atoms with Crippen LogP contribution in [0.5, 0.6) is 0 Å². The molecule has 5 heteroatoms. The van der Waals surface area contributed by atoms with E-state index in [2.05, 4.69) is 5.32 Å². The van der Waals surface area contributed by atoms with Gasteiger partial charge >= 0.3 is 5.97 Å². The van der Waals surface area contributed by atoms with Gasteiger partial charge in [0, 0.05) is 10.8 Å². The van der Waals surface area contributed by atoms with Crippen LogP contribution < -0.4 is 5.32 Å². The molecule has 0 saturated heterocycles. The Morgan fingerprint density at radius 3 is 2.29 bits per heavy atom. The number of carboxylic acid groups (broad SMARTS) is 1. The third-order valence-corrected chi connectivity index (χ3v) is 4.85. The van der Waals surface area contributed by atoms with Crippen molar-refractivity contribution < 1.29 is 14.7 Å². The van der Waals surface area contributed by atoms with E-state index < -0.39 is 11.2 Å². The highest BCUT2D eigenvalue weighted by molar-refractivity contribution is 8.00. The summed E-state index contributed by atoms with van der Waals surface area (Å²) in [4.78, 5) is 24.1. The lowest BCUT2D eigenvalue weighted by molar-refractivity contribution is -0.136. The molecule has 0 fully saturated rings. The Balaban J connectivity index is 2.89. The fourth-order valence-electron chi connectivity index (χ4n) is 2.03. The first-order valence-electron chi connectivity index (χ1n) is 7.32. The van der Waals surface area contributed by atoms with E-state index in [0.717, 1.165) is 17.7 Å². The SMILES string of the molecule is CCC(CC)C(=O)Nc1ccccc1S[C@H](CC)C(=O)O. The van der Waals surface area contributed by atoms with Gasteiger partial charge in [0.25, 0.3) is 0 Å². The fourth-order valence-corrected chi connectivity index (χ4v) is 3.01. The second-order valence-corrected chi connectivity index (χ2v) is 6.10. The van der Waals surface area contributed by atoms with Crippen LogP contribution in [0.25, 0.3) is 0 Å². The van der Waals surface area contributed by atoms with E-state index in [9.17, 15) is 9.59 Å². The van der Waals surface area contributed by atoms with Crippen molar-refractivity contribution in [1.82, 2.24) is 0 Å². The molecule has 4 nitrogen and oxygen atoms in total. The molecule has 2 N–H and O–H groups in total. The summed E-state index contributed by atoms with van der Waals surface area (Å²) < 4.78 is 0. The maximum Gasteiger partial charge on any atom is 0.316 e. The quantitative estimate of drug-likeness (QED) is 0.712. The van der Waals surface area contributed by atoms with Gasteiger partial charge in [0.2, 0.25) is 5.91 Å². The number of thioether (sulfide) groups is 1. The first-order chi connectivity index (χ1) is 10.0. The summed E-state index contributed by atoms with van der Waals surface area (Å²) in [6, 6.07) is 7.36. The van der Waals surface area contributed by atoms with E-state index in [-0.39, 0.29) is 11.8 Å². The van der Waals surface area contributed by atoms with E-state index in [1.165, 1.54) is 11.8 Å². The summed E-state index contributed by atoms with van der Waals surface area (Å²) in [6.45, 7) is 5.83. The smallest absolute Gasteiger partial charge is 0.316 e. The number of hydrogen-bond acceptors (Lipinski definition) is 3. The van der Waals surface area contributed by atoms with Crippen LogP contribution in [0, 0.1) is 5.92 Å². The van der Waals surface area contributed by atoms with Crippen LogP contribution in [-0.2, 0) is 9.59 Å². The zero-order valence-electron chi connectivity index (χ0n) is 12.8. The Bertz CT molecular complexity index is 486. The summed E-state index contributed by atoms with van der Waals surface area (Å²) in [7, 11) is 0. The number of nitrogens with one attached hydrogen (secondary N) is 1. The largest absolute Gasteiger partial charge is 0.480 e. The molecule has 0 saturated carbocycles. The van der Waals surface area contributed by atoms with Crippen LogP contribution in [0.4, 0.5) is 5.69 Å². The molecular formula is C16H23NO3S. The molecule has 116 valence electrons. The minimum Gasteiger partial charge on any atom is -0.480 e. The van der Waals surface area contributed by atoms with Crippen molar-refractivity contribution in [3.63, 3.8) is 0 Å². The number of rotatable bonds is 8. The standard InChI is InChI=1S/C16H23NO3S/c1-4-11(5-2)15(18)17-12-9-7-8-10-14(12)21-13(6-3)16(19)20/h7-11,13H,4-6H2,1-3H3,(H,17,18)(H,19,20)/t13-/m1/s1. The van der Waals surface area contributed by atoms with Crippen molar-refractivity contribution in [2.45, 2.75) is 50.2 Å². The average molecular weight is 309 g/mol. The number of anilines is 1. The molecule has 0 aromatic heterocycles. The molecule has 1 amide bonds. The first-order valence-corrected chi connectivity index (χ1v) is 8.20. The number of carbonyl (C=O) groups is 2. The van der Waals surface area contributed by atoms with Gasteiger partial charge in [-0.1, -0.05) is 32.9 Å². The van der Waals surface area contributed by atoms with Gasteiger partial charge in [0.1, 0.15) is 5.25 Å². The number of aliphatic carboxylic acids is 1. The second kappa shape index (κ2) is 8.72. The Morgan fingerprint density at radius 2 is 1.76 bits per heavy atom. The van der Waals surface area contributed by atoms with Crippen LogP contribution in [0.2, 0.25) is 0 Å². The highest BCUT2D eigenvalue weighted by Crippen LogP contribution is 2.32. The van der Waals surface area contributed by atoms with Crippen LogP contribution in [0.15, 0.2) is 29.2 Å². The average Bonchev–Trinajstić information content (AvgIpc) is 2.47. The molecule has 0 aliphatic carbocycles. The number of amides is 1. The fraction of sp³-hybridized carbons (Fsp3) is 0.500. The molecule has 0 unspecified atom stereocenters. The van der Waals surface area contributed by atoms with Gasteiger partial charge in [0.05, 0.1) is 5.69 Å². The maximum atomic E-state index is 12.2. The van der Waals surface area contributed by atoms with Gasteiger partial charge in [0.15, 0.2) is 0 Å². The summed E-state index contributed by atoms with van der Waals surface area (Å²) >= 11 is 1.28. The minimum absolute atomic E-state index is 0.00331. The van der Waals surface area contributed by atoms with Gasteiger partial charge in [-0.2, -0.15) is 0 Å². The molecular weight excluding hydrogens is 286 g/mol. The van der Waals surface area contributed by atoms with Crippen molar-refractivity contribution >= 4 is 29.3 Å². The number of carbonyl (C=O) groups excluding carboxylic acids is 1. The molecule has 1 aromatic rings. The van der Waals surface area contributed by atoms with Crippen LogP contribution >= 0.6 is 11.8 Å². The molecule has 1 atom stereocenters. The van der Waals surface area contributed by atoms with E-state index in [0.29, 0.717) is 12.1 Å². The molecule has 21 heavy (non-hydrogen) atoms. The molecule has 0 spiro atoms. The third kappa shape index (κ3) is 5.08. The number of para-hydroxylation sites is 1. The molecule has 0 radical (unpaired) electrons. The Hall–Kier alpha value is -1.49. The summed E-state index contributed by atoms with van der Waals surface area (Å²) in [5, 5.41) is 11.6. The monoisotopic (exact) mass is 309 g/mol. The first kappa shape index (κ1) is 17.6. The topological polar surface area (TPSA) is 66.4 Å². The van der Waals surface area contributed by atoms with E-state index in [4.69, 9.17) is 5.11 Å². The van der Waals surface area contributed by atoms with Crippen LogP contribution in [-0.4, -0.2) is 22.2 Å². The molecule has 0 heterocycles. The lowest BCUT2D eigenvalue weighted by Gasteiger charge is -2.17. The highest BCUT2D eigenvalue weighted by atomic mass is 32.2. The summed E-state index contributed by atoms with van der Waals surface area (Å²) in [5.74, 6) is -0.843. The van der Waals surface area contributed by atoms with Crippen molar-refractivity contribution in [3.05, 3.63) is 24.3 Å². The minimum atomic E-state index is -0.830. The van der Waals surface area contributed by atoms with Gasteiger partial charge in [-0.15, -0.1) is 11.8 Å². The van der Waals surface area contributed by atoms with Crippen molar-refractivity contribution in [2.24, 2.45) is 5.92 Å². The van der Waals surface area contributed by atoms with Crippen molar-refractivity contribution in [3.8, 4) is 0 Å². The summed E-state index contributed by atoms with van der Waals surface area (Å²) in [5.41, 5.74) is 0.694. The normalized spacial score (nSPS) is 12.2. The number of benzene rings is 1. The maximum absolute atomic E-state index is 12.2. The second-order valence-electron chi connectivity index (χ2n) is 4.85. The predicted molar refractivity (Wildman–Crippen MR) is 86.7 cm³/mol. The van der Waals surface area contributed by atoms with Crippen LogP contribution in [0.3, 0.4) is 0 Å². The summed E-state index contributed by atoms with van der Waals surface area (Å²) in [6.07, 6.45) is 2.13. The molecule has 1 rings (SSSR count). The zero-order chi connectivity index (χ0) is 15.8. The van der Waals surface area contributed by atoms with Gasteiger partial charge in [-0.25, -0.2) is 0 Å². The van der Waals surface area contributed by atoms with Gasteiger partial charge in [-0.05, 0) is 31.4 Å². The Morgan fingerprint density at radius 1 is 1.14 bits per heavy atom. The Labute approximate surface area is 130 Å². The van der Waals surface area contributed by atoms with Crippen molar-refractivity contribution in [2.75, 3.05) is 5.32 Å². The predicted octanol–water partition coefficient (Wildman–Crippen LogP) is 4.02. The molecule has 1 aromatic carbocycles. The lowest BCUT2D eigenvalue weighted by Crippen LogP contribution is -2.22. The van der Waals surface area contributed by atoms with E-state index in [1.54, 1.807) is 0 Å². The molecule has 0 aliphatic rings. The van der Waals surface area contributed by atoms with Gasteiger partial charge < -0.3 is 10.4 Å². The Kier molecular flexibility index (Phi) is 7.29. The number of hydrogen-bond donors (Lipinski definition) is 2. The van der Waals surface area contributed by atoms with E-state index in [1.807, 2.05) is 45.0 Å². The zero-order valence-corrected chi connectivity index (χ0v) is 13.6.